The van der Waals surface area contributed by atoms with Crippen molar-refractivity contribution < 1.29 is 4.39 Å². The predicted molar refractivity (Wildman–Crippen MR) is 75.9 cm³/mol. The van der Waals surface area contributed by atoms with Crippen LogP contribution in [0.5, 0.6) is 0 Å². The molecule has 0 bridgehead atoms. The van der Waals surface area contributed by atoms with Crippen LogP contribution in [-0.2, 0) is 0 Å². The molecule has 0 saturated heterocycles. The van der Waals surface area contributed by atoms with Crippen molar-refractivity contribution in [1.29, 1.82) is 0 Å². The first-order valence-electron chi connectivity index (χ1n) is 6.49. The Morgan fingerprint density at radius 3 is 2.90 bits per heavy atom. The van der Waals surface area contributed by atoms with E-state index in [1.807, 2.05) is 0 Å². The maximum atomic E-state index is 14.0. The van der Waals surface area contributed by atoms with Gasteiger partial charge in [0.1, 0.15) is 5.82 Å². The highest BCUT2D eigenvalue weighted by Gasteiger charge is 2.14. The lowest BCUT2D eigenvalue weighted by Gasteiger charge is -2.07. The van der Waals surface area contributed by atoms with E-state index in [-0.39, 0.29) is 5.82 Å². The Morgan fingerprint density at radius 2 is 2.10 bits per heavy atom. The van der Waals surface area contributed by atoms with Crippen LogP contribution in [0.2, 0.25) is 0 Å². The molecule has 1 aromatic carbocycles. The lowest BCUT2D eigenvalue weighted by atomic mass is 10.1. The summed E-state index contributed by atoms with van der Waals surface area (Å²) in [7, 11) is 0. The molecule has 0 spiro atoms. The molecule has 20 heavy (non-hydrogen) atoms. The summed E-state index contributed by atoms with van der Waals surface area (Å²) in [5.41, 5.74) is 1.58. The number of benzene rings is 1. The largest absolute Gasteiger partial charge is 0.354 e. The first-order chi connectivity index (χ1) is 9.79. The van der Waals surface area contributed by atoms with E-state index in [0.717, 1.165) is 13.0 Å². The standard InChI is InChI=1S/C14H14FN5/c1-2-7-16-14-18-12(9-5-3-4-6-11(9)15)10-8-17-20-13(10)19-14/h3-6,8H,2,7H2,1H3,(H2,16,17,18,19,20). The SMILES string of the molecule is CCCNc1nc(-c2ccccc2F)c2cn[nH]c2n1. The van der Waals surface area contributed by atoms with Crippen molar-refractivity contribution in [3.05, 3.63) is 36.3 Å². The minimum Gasteiger partial charge on any atom is -0.354 e. The van der Waals surface area contributed by atoms with Gasteiger partial charge in [0.05, 0.1) is 17.3 Å². The number of hydrogen-bond donors (Lipinski definition) is 2. The highest BCUT2D eigenvalue weighted by Crippen LogP contribution is 2.27. The lowest BCUT2D eigenvalue weighted by molar-refractivity contribution is 0.631. The Hall–Kier alpha value is -2.50. The molecule has 0 saturated carbocycles. The van der Waals surface area contributed by atoms with Crippen LogP contribution in [0.4, 0.5) is 10.3 Å². The number of H-pyrrole nitrogens is 1. The number of halogens is 1. The second kappa shape index (κ2) is 5.24. The highest BCUT2D eigenvalue weighted by molar-refractivity contribution is 5.90. The highest BCUT2D eigenvalue weighted by atomic mass is 19.1. The molecule has 3 aromatic rings. The van der Waals surface area contributed by atoms with Gasteiger partial charge in [-0.15, -0.1) is 0 Å². The summed E-state index contributed by atoms with van der Waals surface area (Å²) in [6.07, 6.45) is 2.57. The molecular formula is C14H14FN5. The number of nitrogens with zero attached hydrogens (tertiary/aromatic N) is 3. The predicted octanol–water partition coefficient (Wildman–Crippen LogP) is 2.98. The van der Waals surface area contributed by atoms with E-state index in [9.17, 15) is 4.39 Å². The third kappa shape index (κ3) is 2.20. The zero-order valence-electron chi connectivity index (χ0n) is 11.0. The van der Waals surface area contributed by atoms with E-state index in [1.165, 1.54) is 6.07 Å². The van der Waals surface area contributed by atoms with Crippen LogP contribution in [-0.4, -0.2) is 26.7 Å². The quantitative estimate of drug-likeness (QED) is 0.765. The average Bonchev–Trinajstić information content (AvgIpc) is 2.93. The van der Waals surface area contributed by atoms with Gasteiger partial charge in [0.2, 0.25) is 5.95 Å². The summed E-state index contributed by atoms with van der Waals surface area (Å²) in [4.78, 5) is 8.75. The second-order valence-corrected chi connectivity index (χ2v) is 4.43. The molecule has 6 heteroatoms. The summed E-state index contributed by atoms with van der Waals surface area (Å²) in [6, 6.07) is 6.56. The van der Waals surface area contributed by atoms with Gasteiger partial charge in [0, 0.05) is 12.1 Å². The molecule has 0 aliphatic heterocycles. The molecule has 0 aliphatic rings. The average molecular weight is 271 g/mol. The van der Waals surface area contributed by atoms with Gasteiger partial charge in [-0.05, 0) is 18.6 Å². The van der Waals surface area contributed by atoms with E-state index >= 15 is 0 Å². The number of anilines is 1. The van der Waals surface area contributed by atoms with Gasteiger partial charge in [0.15, 0.2) is 5.65 Å². The number of hydrogen-bond acceptors (Lipinski definition) is 4. The summed E-state index contributed by atoms with van der Waals surface area (Å²) >= 11 is 0. The van der Waals surface area contributed by atoms with Crippen molar-refractivity contribution in [2.24, 2.45) is 0 Å². The van der Waals surface area contributed by atoms with Gasteiger partial charge < -0.3 is 5.32 Å². The Labute approximate surface area is 115 Å². The number of fused-ring (bicyclic) bond motifs is 1. The van der Waals surface area contributed by atoms with Gasteiger partial charge in [0.25, 0.3) is 0 Å². The molecule has 0 aliphatic carbocycles. The van der Waals surface area contributed by atoms with Crippen molar-refractivity contribution in [1.82, 2.24) is 20.2 Å². The fourth-order valence-electron chi connectivity index (χ4n) is 2.01. The molecule has 0 radical (unpaired) electrons. The fourth-order valence-corrected chi connectivity index (χ4v) is 2.01. The number of aromatic amines is 1. The van der Waals surface area contributed by atoms with Crippen molar-refractivity contribution in [2.75, 3.05) is 11.9 Å². The van der Waals surface area contributed by atoms with E-state index in [0.29, 0.717) is 28.2 Å². The van der Waals surface area contributed by atoms with Crippen LogP contribution in [0.25, 0.3) is 22.3 Å². The van der Waals surface area contributed by atoms with Crippen molar-refractivity contribution >= 4 is 17.0 Å². The van der Waals surface area contributed by atoms with Crippen LogP contribution >= 0.6 is 0 Å². The number of nitrogens with one attached hydrogen (secondary N) is 2. The fraction of sp³-hybridized carbons (Fsp3) is 0.214. The maximum absolute atomic E-state index is 14.0. The molecule has 0 fully saturated rings. The van der Waals surface area contributed by atoms with Crippen molar-refractivity contribution in [3.8, 4) is 11.3 Å². The zero-order chi connectivity index (χ0) is 13.9. The Bertz CT molecular complexity index is 737. The van der Waals surface area contributed by atoms with E-state index in [1.54, 1.807) is 24.4 Å². The summed E-state index contributed by atoms with van der Waals surface area (Å²) in [5.74, 6) is 0.164. The Balaban J connectivity index is 2.17. The molecule has 3 rings (SSSR count). The van der Waals surface area contributed by atoms with Crippen molar-refractivity contribution in [3.63, 3.8) is 0 Å². The molecular weight excluding hydrogens is 257 g/mol. The van der Waals surface area contributed by atoms with Gasteiger partial charge in [-0.2, -0.15) is 10.1 Å². The second-order valence-electron chi connectivity index (χ2n) is 4.43. The monoisotopic (exact) mass is 271 g/mol. The number of rotatable bonds is 4. The van der Waals surface area contributed by atoms with Crippen LogP contribution in [0.1, 0.15) is 13.3 Å². The minimum absolute atomic E-state index is 0.310. The van der Waals surface area contributed by atoms with Crippen LogP contribution in [0.15, 0.2) is 30.5 Å². The van der Waals surface area contributed by atoms with Gasteiger partial charge in [-0.25, -0.2) is 9.37 Å². The molecule has 0 unspecified atom stereocenters. The van der Waals surface area contributed by atoms with Crippen LogP contribution in [0, 0.1) is 5.82 Å². The Kier molecular flexibility index (Phi) is 3.28. The van der Waals surface area contributed by atoms with E-state index in [2.05, 4.69) is 32.4 Å². The maximum Gasteiger partial charge on any atom is 0.225 e. The third-order valence-electron chi connectivity index (χ3n) is 2.97. The smallest absolute Gasteiger partial charge is 0.225 e. The summed E-state index contributed by atoms with van der Waals surface area (Å²) in [6.45, 7) is 2.82. The molecule has 0 amide bonds. The van der Waals surface area contributed by atoms with E-state index in [4.69, 9.17) is 0 Å². The summed E-state index contributed by atoms with van der Waals surface area (Å²) < 4.78 is 14.0. The Morgan fingerprint density at radius 1 is 1.25 bits per heavy atom. The van der Waals surface area contributed by atoms with Crippen LogP contribution < -0.4 is 5.32 Å². The first-order valence-corrected chi connectivity index (χ1v) is 6.49. The normalized spacial score (nSPS) is 10.9. The van der Waals surface area contributed by atoms with Crippen LogP contribution in [0.3, 0.4) is 0 Å². The molecule has 2 heterocycles. The molecule has 2 N–H and O–H groups in total. The first kappa shape index (κ1) is 12.5. The minimum atomic E-state index is -0.310. The topological polar surface area (TPSA) is 66.5 Å². The zero-order valence-corrected chi connectivity index (χ0v) is 11.0. The third-order valence-corrected chi connectivity index (χ3v) is 2.97. The van der Waals surface area contributed by atoms with Gasteiger partial charge >= 0.3 is 0 Å². The lowest BCUT2D eigenvalue weighted by Crippen LogP contribution is -2.05. The summed E-state index contributed by atoms with van der Waals surface area (Å²) in [5, 5.41) is 10.6. The molecule has 2 aromatic heterocycles. The molecule has 102 valence electrons. The van der Waals surface area contributed by atoms with Gasteiger partial charge in [-0.1, -0.05) is 19.1 Å². The van der Waals surface area contributed by atoms with Gasteiger partial charge in [-0.3, -0.25) is 5.10 Å². The van der Waals surface area contributed by atoms with E-state index < -0.39 is 0 Å². The number of aromatic nitrogens is 4. The molecule has 0 atom stereocenters. The van der Waals surface area contributed by atoms with Crippen molar-refractivity contribution in [2.45, 2.75) is 13.3 Å². The molecule has 5 nitrogen and oxygen atoms in total.